The monoisotopic (exact) mass is 251 g/mol. The molecule has 0 aromatic carbocycles. The van der Waals surface area contributed by atoms with Crippen molar-refractivity contribution in [3.8, 4) is 0 Å². The summed E-state index contributed by atoms with van der Waals surface area (Å²) < 4.78 is 2.32. The summed E-state index contributed by atoms with van der Waals surface area (Å²) in [7, 11) is 0. The summed E-state index contributed by atoms with van der Waals surface area (Å²) in [5.41, 5.74) is 2.25. The number of ketones is 1. The fourth-order valence-electron chi connectivity index (χ4n) is 2.50. The molecular formula is C14H21NOS. The van der Waals surface area contributed by atoms with Crippen LogP contribution in [-0.2, 0) is 6.42 Å². The van der Waals surface area contributed by atoms with Crippen molar-refractivity contribution in [2.24, 2.45) is 0 Å². The standard InChI is InChI=1S/C14H21NOS/c1-3-17-10-8-11(2)15-9-7-12-13(15)5-4-6-14(12)16/h7,9,11H,3-6,8,10H2,1-2H3. The van der Waals surface area contributed by atoms with E-state index in [2.05, 4.69) is 24.6 Å². The number of Topliss-reactive ketones (excluding diaryl/α,β-unsaturated/α-hetero) is 1. The summed E-state index contributed by atoms with van der Waals surface area (Å²) >= 11 is 1.99. The molecule has 0 N–H and O–H groups in total. The lowest BCUT2D eigenvalue weighted by atomic mass is 9.96. The van der Waals surface area contributed by atoms with Gasteiger partial charge in [0.15, 0.2) is 5.78 Å². The minimum atomic E-state index is 0.333. The molecule has 0 aliphatic heterocycles. The van der Waals surface area contributed by atoms with Gasteiger partial charge in [-0.25, -0.2) is 0 Å². The van der Waals surface area contributed by atoms with E-state index >= 15 is 0 Å². The zero-order valence-corrected chi connectivity index (χ0v) is 11.6. The van der Waals surface area contributed by atoms with Gasteiger partial charge in [-0.3, -0.25) is 4.79 Å². The Labute approximate surface area is 108 Å². The summed E-state index contributed by atoms with van der Waals surface area (Å²) in [6.45, 7) is 4.46. The van der Waals surface area contributed by atoms with Gasteiger partial charge < -0.3 is 4.57 Å². The highest BCUT2D eigenvalue weighted by Crippen LogP contribution is 2.26. The van der Waals surface area contributed by atoms with E-state index in [-0.39, 0.29) is 0 Å². The van der Waals surface area contributed by atoms with Crippen molar-refractivity contribution in [1.29, 1.82) is 0 Å². The minimum absolute atomic E-state index is 0.333. The van der Waals surface area contributed by atoms with Crippen molar-refractivity contribution in [2.45, 2.75) is 45.6 Å². The molecule has 0 bridgehead atoms. The van der Waals surface area contributed by atoms with E-state index < -0.39 is 0 Å². The van der Waals surface area contributed by atoms with Gasteiger partial charge in [-0.15, -0.1) is 0 Å². The molecule has 1 aliphatic rings. The molecule has 1 aromatic rings. The quantitative estimate of drug-likeness (QED) is 0.744. The smallest absolute Gasteiger partial charge is 0.164 e. The van der Waals surface area contributed by atoms with Crippen molar-refractivity contribution >= 4 is 17.5 Å². The van der Waals surface area contributed by atoms with Gasteiger partial charge in [0.05, 0.1) is 0 Å². The van der Waals surface area contributed by atoms with Crippen LogP contribution in [-0.4, -0.2) is 21.9 Å². The maximum Gasteiger partial charge on any atom is 0.164 e. The van der Waals surface area contributed by atoms with Crippen LogP contribution in [0.25, 0.3) is 0 Å². The predicted molar refractivity (Wildman–Crippen MR) is 74.0 cm³/mol. The molecule has 1 heterocycles. The lowest BCUT2D eigenvalue weighted by molar-refractivity contribution is 0.0971. The second kappa shape index (κ2) is 5.76. The van der Waals surface area contributed by atoms with Crippen molar-refractivity contribution in [1.82, 2.24) is 4.57 Å². The van der Waals surface area contributed by atoms with E-state index in [4.69, 9.17) is 0 Å². The lowest BCUT2D eigenvalue weighted by Crippen LogP contribution is -2.15. The zero-order valence-electron chi connectivity index (χ0n) is 10.7. The number of hydrogen-bond donors (Lipinski definition) is 0. The molecule has 3 heteroatoms. The Morgan fingerprint density at radius 3 is 3.06 bits per heavy atom. The molecule has 0 saturated heterocycles. The van der Waals surface area contributed by atoms with E-state index in [0.717, 1.165) is 24.8 Å². The SMILES string of the molecule is CCSCCC(C)n1ccc2c1CCCC2=O. The van der Waals surface area contributed by atoms with Gasteiger partial charge in [0, 0.05) is 29.9 Å². The van der Waals surface area contributed by atoms with Gasteiger partial charge in [-0.05, 0) is 43.8 Å². The summed E-state index contributed by atoms with van der Waals surface area (Å²) in [6.07, 6.45) is 6.12. The van der Waals surface area contributed by atoms with Crippen molar-refractivity contribution in [3.63, 3.8) is 0 Å². The third kappa shape index (κ3) is 2.76. The Balaban J connectivity index is 2.08. The molecule has 1 aromatic heterocycles. The molecule has 1 atom stereocenters. The molecule has 94 valence electrons. The van der Waals surface area contributed by atoms with Gasteiger partial charge in [0.1, 0.15) is 0 Å². The topological polar surface area (TPSA) is 22.0 Å². The molecule has 1 unspecified atom stereocenters. The average molecular weight is 251 g/mol. The molecule has 2 rings (SSSR count). The molecule has 0 saturated carbocycles. The average Bonchev–Trinajstić information content (AvgIpc) is 2.74. The summed E-state index contributed by atoms with van der Waals surface area (Å²) in [5.74, 6) is 2.73. The molecular weight excluding hydrogens is 230 g/mol. The number of thioether (sulfide) groups is 1. The first-order chi connectivity index (χ1) is 8.24. The Hall–Kier alpha value is -0.700. The molecule has 17 heavy (non-hydrogen) atoms. The highest BCUT2D eigenvalue weighted by atomic mass is 32.2. The number of hydrogen-bond acceptors (Lipinski definition) is 2. The highest BCUT2D eigenvalue weighted by Gasteiger charge is 2.22. The Bertz CT molecular complexity index is 397. The second-order valence-electron chi connectivity index (χ2n) is 4.69. The van der Waals surface area contributed by atoms with Crippen LogP contribution in [0, 0.1) is 0 Å². The van der Waals surface area contributed by atoms with E-state index in [1.54, 1.807) is 0 Å². The molecule has 0 amide bonds. The minimum Gasteiger partial charge on any atom is -0.348 e. The first-order valence-corrected chi connectivity index (χ1v) is 7.70. The van der Waals surface area contributed by atoms with Crippen molar-refractivity contribution in [2.75, 3.05) is 11.5 Å². The molecule has 0 radical (unpaired) electrons. The highest BCUT2D eigenvalue weighted by molar-refractivity contribution is 7.99. The molecule has 2 nitrogen and oxygen atoms in total. The van der Waals surface area contributed by atoms with E-state index in [9.17, 15) is 4.79 Å². The fraction of sp³-hybridized carbons (Fsp3) is 0.643. The number of aromatic nitrogens is 1. The number of nitrogens with zero attached hydrogens (tertiary/aromatic N) is 1. The Kier molecular flexibility index (Phi) is 4.32. The maximum atomic E-state index is 11.8. The summed E-state index contributed by atoms with van der Waals surface area (Å²) in [4.78, 5) is 11.8. The molecule has 0 spiro atoms. The van der Waals surface area contributed by atoms with Gasteiger partial charge >= 0.3 is 0 Å². The summed E-state index contributed by atoms with van der Waals surface area (Å²) in [5, 5.41) is 0. The lowest BCUT2D eigenvalue weighted by Gasteiger charge is -2.20. The third-order valence-electron chi connectivity index (χ3n) is 3.50. The van der Waals surface area contributed by atoms with Crippen LogP contribution in [0.5, 0.6) is 0 Å². The van der Waals surface area contributed by atoms with Gasteiger partial charge in [-0.1, -0.05) is 6.92 Å². The summed E-state index contributed by atoms with van der Waals surface area (Å²) in [6, 6.07) is 2.53. The zero-order chi connectivity index (χ0) is 12.3. The van der Waals surface area contributed by atoms with Gasteiger partial charge in [0.25, 0.3) is 0 Å². The molecule has 1 aliphatic carbocycles. The van der Waals surface area contributed by atoms with Crippen LogP contribution in [0.15, 0.2) is 12.3 Å². The van der Waals surface area contributed by atoms with Gasteiger partial charge in [-0.2, -0.15) is 11.8 Å². The van der Waals surface area contributed by atoms with E-state index in [1.807, 2.05) is 17.8 Å². The Morgan fingerprint density at radius 1 is 1.47 bits per heavy atom. The van der Waals surface area contributed by atoms with Gasteiger partial charge in [0.2, 0.25) is 0 Å². The van der Waals surface area contributed by atoms with Crippen LogP contribution in [0.4, 0.5) is 0 Å². The Morgan fingerprint density at radius 2 is 2.29 bits per heavy atom. The fourth-order valence-corrected chi connectivity index (χ4v) is 3.30. The van der Waals surface area contributed by atoms with E-state index in [0.29, 0.717) is 11.8 Å². The van der Waals surface area contributed by atoms with Crippen LogP contribution in [0.2, 0.25) is 0 Å². The first-order valence-electron chi connectivity index (χ1n) is 6.54. The van der Waals surface area contributed by atoms with Crippen molar-refractivity contribution < 1.29 is 4.79 Å². The number of carbonyl (C=O) groups is 1. The van der Waals surface area contributed by atoms with Crippen LogP contribution in [0.3, 0.4) is 0 Å². The van der Waals surface area contributed by atoms with Crippen LogP contribution in [0.1, 0.15) is 55.2 Å². The maximum absolute atomic E-state index is 11.8. The predicted octanol–water partition coefficient (Wildman–Crippen LogP) is 3.71. The van der Waals surface area contributed by atoms with Crippen LogP contribution >= 0.6 is 11.8 Å². The normalized spacial score (nSPS) is 16.9. The number of rotatable bonds is 5. The number of fused-ring (bicyclic) bond motifs is 1. The van der Waals surface area contributed by atoms with Crippen molar-refractivity contribution in [3.05, 3.63) is 23.5 Å². The van der Waals surface area contributed by atoms with Crippen LogP contribution < -0.4 is 0 Å². The number of carbonyl (C=O) groups excluding carboxylic acids is 1. The first kappa shape index (κ1) is 12.7. The molecule has 0 fully saturated rings. The second-order valence-corrected chi connectivity index (χ2v) is 6.09. The third-order valence-corrected chi connectivity index (χ3v) is 4.43. The van der Waals surface area contributed by atoms with E-state index in [1.165, 1.54) is 23.6 Å². The largest absolute Gasteiger partial charge is 0.348 e.